The molecule has 2 N–H and O–H groups in total. The van der Waals surface area contributed by atoms with Gasteiger partial charge in [-0.1, -0.05) is 41.4 Å². The molecule has 2 aromatic rings. The zero-order valence-electron chi connectivity index (χ0n) is 15.5. The number of hydrogen-bond acceptors (Lipinski definition) is 5. The van der Waals surface area contributed by atoms with Crippen LogP contribution in [0.1, 0.15) is 62.4 Å². The van der Waals surface area contributed by atoms with Crippen molar-refractivity contribution >= 4 is 5.91 Å². The van der Waals surface area contributed by atoms with Gasteiger partial charge in [-0.05, 0) is 45.6 Å². The summed E-state index contributed by atoms with van der Waals surface area (Å²) in [6, 6.07) is 7.94. The molecule has 1 amide bonds. The largest absolute Gasteiger partial charge is 0.337 e. The molecule has 0 bridgehead atoms. The fourth-order valence-electron chi connectivity index (χ4n) is 3.42. The van der Waals surface area contributed by atoms with E-state index in [9.17, 15) is 4.79 Å². The van der Waals surface area contributed by atoms with E-state index >= 15 is 0 Å². The Kier molecular flexibility index (Phi) is 6.39. The lowest BCUT2D eigenvalue weighted by Crippen LogP contribution is -2.38. The minimum absolute atomic E-state index is 0.0996. The van der Waals surface area contributed by atoms with E-state index in [0.717, 1.165) is 50.6 Å². The van der Waals surface area contributed by atoms with Gasteiger partial charge in [-0.25, -0.2) is 0 Å². The molecule has 1 aromatic carbocycles. The second kappa shape index (κ2) is 8.94. The highest BCUT2D eigenvalue weighted by atomic mass is 16.5. The van der Waals surface area contributed by atoms with Gasteiger partial charge < -0.3 is 15.2 Å². The molecule has 0 saturated carbocycles. The summed E-state index contributed by atoms with van der Waals surface area (Å²) in [6.45, 7) is 3.50. The molecule has 0 aliphatic carbocycles. The predicted octanol–water partition coefficient (Wildman–Crippen LogP) is 3.62. The topological polar surface area (TPSA) is 85.2 Å². The average Bonchev–Trinajstić information content (AvgIpc) is 3.16. The van der Waals surface area contributed by atoms with E-state index in [2.05, 4.69) is 10.1 Å². The zero-order valence-corrected chi connectivity index (χ0v) is 15.5. The highest BCUT2D eigenvalue weighted by Gasteiger charge is 2.31. The number of carbonyl (C=O) groups is 1. The summed E-state index contributed by atoms with van der Waals surface area (Å²) in [5.41, 5.74) is 7.64. The number of carbonyl (C=O) groups excluding carboxylic acids is 1. The van der Waals surface area contributed by atoms with Crippen molar-refractivity contribution in [1.29, 1.82) is 0 Å². The monoisotopic (exact) mass is 356 g/mol. The molecule has 1 aliphatic heterocycles. The second-order valence-corrected chi connectivity index (χ2v) is 7.02. The molecule has 0 unspecified atom stereocenters. The van der Waals surface area contributed by atoms with E-state index < -0.39 is 0 Å². The van der Waals surface area contributed by atoms with Gasteiger partial charge >= 0.3 is 0 Å². The van der Waals surface area contributed by atoms with E-state index in [1.807, 2.05) is 36.1 Å². The van der Waals surface area contributed by atoms with Crippen LogP contribution in [0.4, 0.5) is 0 Å². The number of aryl methyl sites for hydroxylation is 1. The Morgan fingerprint density at radius 2 is 2.04 bits per heavy atom. The summed E-state index contributed by atoms with van der Waals surface area (Å²) in [4.78, 5) is 19.2. The predicted molar refractivity (Wildman–Crippen MR) is 100 cm³/mol. The first kappa shape index (κ1) is 18.6. The standard InChI is InChI=1S/C20H28N4O2/c1-15-9-11-16(12-10-15)19-22-20(26-23-19)17-7-4-6-14-24(17)18(25)8-3-2-5-13-21/h9-12,17H,2-8,13-14,21H2,1H3/t17-/m1/s1. The number of nitrogens with zero attached hydrogens (tertiary/aromatic N) is 3. The lowest BCUT2D eigenvalue weighted by Gasteiger charge is -2.33. The average molecular weight is 356 g/mol. The molecule has 0 spiro atoms. The molecule has 6 nitrogen and oxygen atoms in total. The van der Waals surface area contributed by atoms with Crippen LogP contribution in [0.25, 0.3) is 11.4 Å². The Bertz CT molecular complexity index is 711. The van der Waals surface area contributed by atoms with Crippen molar-refractivity contribution in [2.24, 2.45) is 5.73 Å². The van der Waals surface area contributed by atoms with Gasteiger partial charge in [0.25, 0.3) is 0 Å². The number of aromatic nitrogens is 2. The molecule has 1 fully saturated rings. The smallest absolute Gasteiger partial charge is 0.249 e. The Morgan fingerprint density at radius 3 is 2.81 bits per heavy atom. The van der Waals surface area contributed by atoms with Gasteiger partial charge in [-0.2, -0.15) is 4.98 Å². The summed E-state index contributed by atoms with van der Waals surface area (Å²) in [7, 11) is 0. The number of unbranched alkanes of at least 4 members (excludes halogenated alkanes) is 2. The maximum Gasteiger partial charge on any atom is 0.249 e. The summed E-state index contributed by atoms with van der Waals surface area (Å²) in [5, 5.41) is 4.13. The third-order valence-corrected chi connectivity index (χ3v) is 4.95. The fraction of sp³-hybridized carbons (Fsp3) is 0.550. The quantitative estimate of drug-likeness (QED) is 0.766. The molecule has 1 saturated heterocycles. The number of likely N-dealkylation sites (tertiary alicyclic amines) is 1. The van der Waals surface area contributed by atoms with Crippen molar-refractivity contribution < 1.29 is 9.32 Å². The number of piperidine rings is 1. The van der Waals surface area contributed by atoms with E-state index in [-0.39, 0.29) is 11.9 Å². The first-order valence-electron chi connectivity index (χ1n) is 9.59. The van der Waals surface area contributed by atoms with Gasteiger partial charge in [-0.3, -0.25) is 4.79 Å². The lowest BCUT2D eigenvalue weighted by molar-refractivity contribution is -0.135. The molecular formula is C20H28N4O2. The zero-order chi connectivity index (χ0) is 18.4. The molecule has 3 rings (SSSR count). The van der Waals surface area contributed by atoms with Crippen molar-refractivity contribution in [3.63, 3.8) is 0 Å². The minimum atomic E-state index is -0.0996. The summed E-state index contributed by atoms with van der Waals surface area (Å²) < 4.78 is 5.54. The van der Waals surface area contributed by atoms with Crippen LogP contribution in [0.15, 0.2) is 28.8 Å². The number of rotatable bonds is 7. The van der Waals surface area contributed by atoms with Gasteiger partial charge in [0.15, 0.2) is 0 Å². The molecular weight excluding hydrogens is 328 g/mol. The molecule has 6 heteroatoms. The Balaban J connectivity index is 1.69. The fourth-order valence-corrected chi connectivity index (χ4v) is 3.42. The molecule has 1 atom stereocenters. The van der Waals surface area contributed by atoms with Crippen LogP contribution in [0, 0.1) is 6.92 Å². The normalized spacial score (nSPS) is 17.5. The van der Waals surface area contributed by atoms with Gasteiger partial charge in [-0.15, -0.1) is 0 Å². The number of amides is 1. The van der Waals surface area contributed by atoms with Crippen LogP contribution < -0.4 is 5.73 Å². The molecule has 2 heterocycles. The molecule has 26 heavy (non-hydrogen) atoms. The van der Waals surface area contributed by atoms with Gasteiger partial charge in [0.05, 0.1) is 0 Å². The van der Waals surface area contributed by atoms with Crippen molar-refractivity contribution in [3.8, 4) is 11.4 Å². The van der Waals surface area contributed by atoms with Crippen molar-refractivity contribution in [2.45, 2.75) is 57.9 Å². The van der Waals surface area contributed by atoms with Crippen LogP contribution in [0.2, 0.25) is 0 Å². The molecule has 1 aliphatic rings. The van der Waals surface area contributed by atoms with Gasteiger partial charge in [0.1, 0.15) is 6.04 Å². The van der Waals surface area contributed by atoms with E-state index in [0.29, 0.717) is 24.7 Å². The Hall–Kier alpha value is -2.21. The number of hydrogen-bond donors (Lipinski definition) is 1. The van der Waals surface area contributed by atoms with Crippen LogP contribution in [-0.2, 0) is 4.79 Å². The SMILES string of the molecule is Cc1ccc(-c2noc([C@H]3CCCCN3C(=O)CCCCCN)n2)cc1. The third kappa shape index (κ3) is 4.49. The molecule has 140 valence electrons. The third-order valence-electron chi connectivity index (χ3n) is 4.95. The Labute approximate surface area is 154 Å². The van der Waals surface area contributed by atoms with Crippen molar-refractivity contribution in [2.75, 3.05) is 13.1 Å². The van der Waals surface area contributed by atoms with E-state index in [1.165, 1.54) is 5.56 Å². The number of benzene rings is 1. The van der Waals surface area contributed by atoms with Crippen molar-refractivity contribution in [1.82, 2.24) is 15.0 Å². The maximum absolute atomic E-state index is 12.7. The minimum Gasteiger partial charge on any atom is -0.337 e. The highest BCUT2D eigenvalue weighted by molar-refractivity contribution is 5.76. The molecule has 1 aromatic heterocycles. The lowest BCUT2D eigenvalue weighted by atomic mass is 10.0. The van der Waals surface area contributed by atoms with Crippen LogP contribution in [0.5, 0.6) is 0 Å². The number of nitrogens with two attached hydrogens (primary N) is 1. The van der Waals surface area contributed by atoms with Crippen LogP contribution in [0.3, 0.4) is 0 Å². The first-order chi connectivity index (χ1) is 12.7. The first-order valence-corrected chi connectivity index (χ1v) is 9.59. The Morgan fingerprint density at radius 1 is 1.23 bits per heavy atom. The summed E-state index contributed by atoms with van der Waals surface area (Å²) in [6.07, 6.45) is 6.41. The highest BCUT2D eigenvalue weighted by Crippen LogP contribution is 2.32. The van der Waals surface area contributed by atoms with E-state index in [1.54, 1.807) is 0 Å². The van der Waals surface area contributed by atoms with E-state index in [4.69, 9.17) is 10.3 Å². The van der Waals surface area contributed by atoms with Crippen molar-refractivity contribution in [3.05, 3.63) is 35.7 Å². The van der Waals surface area contributed by atoms with Gasteiger partial charge in [0, 0.05) is 18.5 Å². The maximum atomic E-state index is 12.7. The summed E-state index contributed by atoms with van der Waals surface area (Å²) in [5.74, 6) is 1.32. The van der Waals surface area contributed by atoms with Crippen LogP contribution >= 0.6 is 0 Å². The van der Waals surface area contributed by atoms with Gasteiger partial charge in [0.2, 0.25) is 17.6 Å². The second-order valence-electron chi connectivity index (χ2n) is 7.02. The van der Waals surface area contributed by atoms with Crippen LogP contribution in [-0.4, -0.2) is 34.0 Å². The summed E-state index contributed by atoms with van der Waals surface area (Å²) >= 11 is 0. The molecule has 0 radical (unpaired) electrons.